The molecule has 0 spiro atoms. The topological polar surface area (TPSA) is 50.9 Å². The van der Waals surface area contributed by atoms with Crippen molar-refractivity contribution in [3.63, 3.8) is 0 Å². The van der Waals surface area contributed by atoms with Gasteiger partial charge in [0.2, 0.25) is 0 Å². The molecule has 2 rings (SSSR count). The van der Waals surface area contributed by atoms with Crippen LogP contribution in [0.3, 0.4) is 0 Å². The minimum absolute atomic E-state index is 0.547. The molecule has 1 heterocycles. The van der Waals surface area contributed by atoms with Gasteiger partial charge in [-0.1, -0.05) is 6.42 Å². The molecule has 1 saturated carbocycles. The van der Waals surface area contributed by atoms with Crippen LogP contribution in [0.25, 0.3) is 0 Å². The SMILES string of the molecule is Cc1csc(NC2CCCC2CN)n1. The summed E-state index contributed by atoms with van der Waals surface area (Å²) in [4.78, 5) is 4.41. The molecular weight excluding hydrogens is 194 g/mol. The molecule has 2 atom stereocenters. The van der Waals surface area contributed by atoms with Crippen LogP contribution in [0, 0.1) is 12.8 Å². The Bertz CT molecular complexity index is 297. The van der Waals surface area contributed by atoms with Crippen molar-refractivity contribution >= 4 is 16.5 Å². The van der Waals surface area contributed by atoms with E-state index in [0.29, 0.717) is 12.0 Å². The summed E-state index contributed by atoms with van der Waals surface area (Å²) in [6.07, 6.45) is 3.79. The molecule has 1 aromatic heterocycles. The molecule has 1 aliphatic rings. The molecule has 3 nitrogen and oxygen atoms in total. The number of nitrogens with two attached hydrogens (primary N) is 1. The van der Waals surface area contributed by atoms with E-state index < -0.39 is 0 Å². The van der Waals surface area contributed by atoms with E-state index in [2.05, 4.69) is 15.7 Å². The molecule has 1 aliphatic carbocycles. The third-order valence-electron chi connectivity index (χ3n) is 2.89. The fourth-order valence-corrected chi connectivity index (χ4v) is 2.84. The smallest absolute Gasteiger partial charge is 0.183 e. The minimum Gasteiger partial charge on any atom is -0.358 e. The summed E-state index contributed by atoms with van der Waals surface area (Å²) in [5.41, 5.74) is 6.82. The van der Waals surface area contributed by atoms with E-state index >= 15 is 0 Å². The van der Waals surface area contributed by atoms with Gasteiger partial charge in [-0.3, -0.25) is 0 Å². The fraction of sp³-hybridized carbons (Fsp3) is 0.700. The monoisotopic (exact) mass is 211 g/mol. The first-order chi connectivity index (χ1) is 6.79. The summed E-state index contributed by atoms with van der Waals surface area (Å²) >= 11 is 1.69. The number of hydrogen-bond acceptors (Lipinski definition) is 4. The van der Waals surface area contributed by atoms with Gasteiger partial charge in [0.15, 0.2) is 5.13 Å². The Morgan fingerprint density at radius 3 is 3.14 bits per heavy atom. The van der Waals surface area contributed by atoms with Crippen LogP contribution < -0.4 is 11.1 Å². The molecule has 0 aromatic carbocycles. The standard InChI is InChI=1S/C10H17N3S/c1-7-6-14-10(12-7)13-9-4-2-3-8(9)5-11/h6,8-9H,2-5,11H2,1H3,(H,12,13). The van der Waals surface area contributed by atoms with Crippen LogP contribution in [0.2, 0.25) is 0 Å². The molecule has 0 amide bonds. The van der Waals surface area contributed by atoms with E-state index in [1.165, 1.54) is 19.3 Å². The number of aromatic nitrogens is 1. The zero-order valence-electron chi connectivity index (χ0n) is 8.49. The predicted octanol–water partition coefficient (Wildman–Crippen LogP) is 1.99. The maximum atomic E-state index is 5.73. The lowest BCUT2D eigenvalue weighted by molar-refractivity contribution is 0.516. The van der Waals surface area contributed by atoms with Gasteiger partial charge in [0.25, 0.3) is 0 Å². The van der Waals surface area contributed by atoms with Gasteiger partial charge in [-0.2, -0.15) is 0 Å². The number of nitrogens with one attached hydrogen (secondary N) is 1. The number of hydrogen-bond donors (Lipinski definition) is 2. The largest absolute Gasteiger partial charge is 0.358 e. The first-order valence-electron chi connectivity index (χ1n) is 5.18. The predicted molar refractivity (Wildman–Crippen MR) is 60.7 cm³/mol. The number of thiazole rings is 1. The molecule has 0 radical (unpaired) electrons. The number of aryl methyl sites for hydroxylation is 1. The Morgan fingerprint density at radius 1 is 1.64 bits per heavy atom. The van der Waals surface area contributed by atoms with Crippen molar-refractivity contribution in [1.82, 2.24) is 4.98 Å². The molecule has 1 fully saturated rings. The van der Waals surface area contributed by atoms with Crippen LogP contribution in [-0.4, -0.2) is 17.6 Å². The van der Waals surface area contributed by atoms with Crippen LogP contribution in [-0.2, 0) is 0 Å². The average Bonchev–Trinajstić information content (AvgIpc) is 2.76. The molecule has 0 bridgehead atoms. The quantitative estimate of drug-likeness (QED) is 0.804. The lowest BCUT2D eigenvalue weighted by Crippen LogP contribution is -2.29. The second kappa shape index (κ2) is 4.28. The van der Waals surface area contributed by atoms with Gasteiger partial charge in [-0.15, -0.1) is 11.3 Å². The van der Waals surface area contributed by atoms with Crippen LogP contribution >= 0.6 is 11.3 Å². The lowest BCUT2D eigenvalue weighted by atomic mass is 10.0. The maximum Gasteiger partial charge on any atom is 0.183 e. The summed E-state index contributed by atoms with van der Waals surface area (Å²) in [6.45, 7) is 2.82. The van der Waals surface area contributed by atoms with Crippen molar-refractivity contribution in [2.75, 3.05) is 11.9 Å². The van der Waals surface area contributed by atoms with Crippen molar-refractivity contribution in [2.24, 2.45) is 11.7 Å². The molecule has 1 aromatic rings. The molecule has 0 aliphatic heterocycles. The Morgan fingerprint density at radius 2 is 2.50 bits per heavy atom. The van der Waals surface area contributed by atoms with E-state index in [0.717, 1.165) is 17.4 Å². The summed E-state index contributed by atoms with van der Waals surface area (Å²) in [5.74, 6) is 0.638. The normalized spacial score (nSPS) is 26.7. The zero-order valence-corrected chi connectivity index (χ0v) is 9.31. The third kappa shape index (κ3) is 2.07. The van der Waals surface area contributed by atoms with E-state index in [9.17, 15) is 0 Å². The van der Waals surface area contributed by atoms with Gasteiger partial charge in [0, 0.05) is 11.4 Å². The maximum absolute atomic E-state index is 5.73. The van der Waals surface area contributed by atoms with Gasteiger partial charge in [0.05, 0.1) is 5.69 Å². The van der Waals surface area contributed by atoms with Gasteiger partial charge >= 0.3 is 0 Å². The molecule has 4 heteroatoms. The van der Waals surface area contributed by atoms with E-state index in [-0.39, 0.29) is 0 Å². The highest BCUT2D eigenvalue weighted by molar-refractivity contribution is 7.13. The summed E-state index contributed by atoms with van der Waals surface area (Å²) < 4.78 is 0. The van der Waals surface area contributed by atoms with Crippen LogP contribution in [0.15, 0.2) is 5.38 Å². The van der Waals surface area contributed by atoms with Gasteiger partial charge in [-0.25, -0.2) is 4.98 Å². The second-order valence-corrected chi connectivity index (χ2v) is 4.83. The van der Waals surface area contributed by atoms with Crippen molar-refractivity contribution in [3.8, 4) is 0 Å². The summed E-state index contributed by atoms with van der Waals surface area (Å²) in [7, 11) is 0. The van der Waals surface area contributed by atoms with E-state index in [1.54, 1.807) is 11.3 Å². The molecule has 78 valence electrons. The molecule has 0 saturated heterocycles. The first-order valence-corrected chi connectivity index (χ1v) is 6.06. The number of rotatable bonds is 3. The van der Waals surface area contributed by atoms with Crippen LogP contribution in [0.5, 0.6) is 0 Å². The van der Waals surface area contributed by atoms with Gasteiger partial charge in [-0.05, 0) is 32.2 Å². The van der Waals surface area contributed by atoms with E-state index in [1.807, 2.05) is 6.92 Å². The van der Waals surface area contributed by atoms with E-state index in [4.69, 9.17) is 5.73 Å². The highest BCUT2D eigenvalue weighted by Gasteiger charge is 2.26. The van der Waals surface area contributed by atoms with Gasteiger partial charge in [0.1, 0.15) is 0 Å². The lowest BCUT2D eigenvalue weighted by Gasteiger charge is -2.18. The zero-order chi connectivity index (χ0) is 9.97. The molecular formula is C10H17N3S. The van der Waals surface area contributed by atoms with Crippen molar-refractivity contribution in [1.29, 1.82) is 0 Å². The minimum atomic E-state index is 0.547. The van der Waals surface area contributed by atoms with Crippen LogP contribution in [0.1, 0.15) is 25.0 Å². The molecule has 3 N–H and O–H groups in total. The Hall–Kier alpha value is -0.610. The van der Waals surface area contributed by atoms with Crippen molar-refractivity contribution in [2.45, 2.75) is 32.2 Å². The Balaban J connectivity index is 1.96. The Labute approximate surface area is 88.7 Å². The van der Waals surface area contributed by atoms with Crippen LogP contribution in [0.4, 0.5) is 5.13 Å². The highest BCUT2D eigenvalue weighted by atomic mass is 32.1. The number of nitrogens with zero attached hydrogens (tertiary/aromatic N) is 1. The summed E-state index contributed by atoms with van der Waals surface area (Å²) in [6, 6.07) is 0.547. The number of anilines is 1. The van der Waals surface area contributed by atoms with Crippen molar-refractivity contribution < 1.29 is 0 Å². The Kier molecular flexibility index (Phi) is 3.03. The second-order valence-electron chi connectivity index (χ2n) is 3.97. The van der Waals surface area contributed by atoms with Crippen molar-refractivity contribution in [3.05, 3.63) is 11.1 Å². The average molecular weight is 211 g/mol. The first kappa shape index (κ1) is 9.93. The van der Waals surface area contributed by atoms with Gasteiger partial charge < -0.3 is 11.1 Å². The summed E-state index contributed by atoms with van der Waals surface area (Å²) in [5, 5.41) is 6.62. The molecule has 2 unspecified atom stereocenters. The molecule has 14 heavy (non-hydrogen) atoms. The fourth-order valence-electron chi connectivity index (χ4n) is 2.09. The third-order valence-corrected chi connectivity index (χ3v) is 3.78. The highest BCUT2D eigenvalue weighted by Crippen LogP contribution is 2.28.